The van der Waals surface area contributed by atoms with Crippen LogP contribution < -0.4 is 20.1 Å². The quantitative estimate of drug-likeness (QED) is 0.538. The molecule has 2 heterocycles. The number of thiophene rings is 1. The van der Waals surface area contributed by atoms with E-state index in [-0.39, 0.29) is 6.04 Å². The lowest BCUT2D eigenvalue weighted by molar-refractivity contribution is 0.174. The number of fused-ring (bicyclic) bond motifs is 1. The molecule has 0 radical (unpaired) electrons. The summed E-state index contributed by atoms with van der Waals surface area (Å²) in [6, 6.07) is 10.7. The van der Waals surface area contributed by atoms with Crippen molar-refractivity contribution in [2.24, 2.45) is 4.99 Å². The third kappa shape index (κ3) is 5.37. The molecule has 0 fully saturated rings. The van der Waals surface area contributed by atoms with Crippen molar-refractivity contribution in [3.63, 3.8) is 0 Å². The van der Waals surface area contributed by atoms with Crippen molar-refractivity contribution >= 4 is 17.3 Å². The highest BCUT2D eigenvalue weighted by atomic mass is 32.1. The number of rotatable bonds is 8. The Balaban J connectivity index is 1.55. The summed E-state index contributed by atoms with van der Waals surface area (Å²) < 4.78 is 10.8. The van der Waals surface area contributed by atoms with Gasteiger partial charge in [-0.05, 0) is 56.6 Å². The predicted molar refractivity (Wildman–Crippen MR) is 111 cm³/mol. The van der Waals surface area contributed by atoms with E-state index in [4.69, 9.17) is 14.5 Å². The van der Waals surface area contributed by atoms with Crippen LogP contribution in [0.15, 0.2) is 40.7 Å². The Kier molecular flexibility index (Phi) is 6.95. The van der Waals surface area contributed by atoms with Gasteiger partial charge in [-0.2, -0.15) is 0 Å². The first-order valence-corrected chi connectivity index (χ1v) is 10.2. The minimum atomic E-state index is 0.286. The van der Waals surface area contributed by atoms with Crippen molar-refractivity contribution in [2.75, 3.05) is 40.5 Å². The second kappa shape index (κ2) is 9.62. The standard InChI is InChI=1S/C20H28N4O2S/c1-4-21-20(23-13-16(24(2)3)19-6-5-11-27-19)22-10-9-15-7-8-17-18(12-15)26-14-25-17/h5-8,11-12,16H,4,9-10,13-14H2,1-3H3,(H2,21,22,23). The van der Waals surface area contributed by atoms with Crippen molar-refractivity contribution in [1.82, 2.24) is 15.5 Å². The normalized spacial score (nSPS) is 14.4. The van der Waals surface area contributed by atoms with E-state index in [1.807, 2.05) is 12.1 Å². The number of aliphatic imine (C=N–C) groups is 1. The molecule has 0 bridgehead atoms. The zero-order valence-corrected chi connectivity index (χ0v) is 17.0. The number of guanidine groups is 1. The minimum absolute atomic E-state index is 0.286. The number of hydrogen-bond acceptors (Lipinski definition) is 5. The number of hydrogen-bond donors (Lipinski definition) is 2. The molecule has 0 spiro atoms. The van der Waals surface area contributed by atoms with Crippen molar-refractivity contribution < 1.29 is 9.47 Å². The van der Waals surface area contributed by atoms with Gasteiger partial charge in [0.25, 0.3) is 0 Å². The Morgan fingerprint density at radius 1 is 1.22 bits per heavy atom. The van der Waals surface area contributed by atoms with Gasteiger partial charge in [-0.1, -0.05) is 12.1 Å². The Labute approximate surface area is 165 Å². The van der Waals surface area contributed by atoms with Gasteiger partial charge in [0, 0.05) is 18.0 Å². The Bertz CT molecular complexity index is 746. The molecule has 1 aromatic carbocycles. The van der Waals surface area contributed by atoms with E-state index in [9.17, 15) is 0 Å². The van der Waals surface area contributed by atoms with Gasteiger partial charge in [-0.3, -0.25) is 4.99 Å². The lowest BCUT2D eigenvalue weighted by Crippen LogP contribution is -2.39. The minimum Gasteiger partial charge on any atom is -0.454 e. The first-order chi connectivity index (χ1) is 13.2. The van der Waals surface area contributed by atoms with Gasteiger partial charge in [0.2, 0.25) is 6.79 Å². The summed E-state index contributed by atoms with van der Waals surface area (Å²) in [6.07, 6.45) is 0.892. The maximum Gasteiger partial charge on any atom is 0.231 e. The van der Waals surface area contributed by atoms with Gasteiger partial charge in [-0.15, -0.1) is 11.3 Å². The summed E-state index contributed by atoms with van der Waals surface area (Å²) in [5.41, 5.74) is 1.22. The summed E-state index contributed by atoms with van der Waals surface area (Å²) in [5, 5.41) is 8.87. The molecule has 1 unspecified atom stereocenters. The average molecular weight is 389 g/mol. The molecule has 0 amide bonds. The van der Waals surface area contributed by atoms with Gasteiger partial charge in [-0.25, -0.2) is 0 Å². The summed E-state index contributed by atoms with van der Waals surface area (Å²) in [6.45, 7) is 4.74. The first kappa shape index (κ1) is 19.5. The highest BCUT2D eigenvalue weighted by Crippen LogP contribution is 2.32. The molecule has 6 nitrogen and oxygen atoms in total. The molecule has 2 N–H and O–H groups in total. The zero-order chi connectivity index (χ0) is 19.1. The second-order valence-corrected chi connectivity index (χ2v) is 7.56. The van der Waals surface area contributed by atoms with E-state index in [0.29, 0.717) is 13.3 Å². The molecule has 0 saturated heterocycles. The molecule has 1 aromatic heterocycles. The molecule has 1 aliphatic rings. The van der Waals surface area contributed by atoms with Gasteiger partial charge in [0.1, 0.15) is 0 Å². The van der Waals surface area contributed by atoms with E-state index in [0.717, 1.165) is 37.0 Å². The van der Waals surface area contributed by atoms with E-state index in [1.165, 1.54) is 10.4 Å². The maximum atomic E-state index is 5.45. The molecule has 1 atom stereocenters. The van der Waals surface area contributed by atoms with Crippen molar-refractivity contribution in [1.29, 1.82) is 0 Å². The van der Waals surface area contributed by atoms with Crippen LogP contribution in [-0.2, 0) is 6.42 Å². The molecule has 3 rings (SSSR count). The van der Waals surface area contributed by atoms with E-state index < -0.39 is 0 Å². The highest BCUT2D eigenvalue weighted by molar-refractivity contribution is 7.10. The van der Waals surface area contributed by atoms with Crippen molar-refractivity contribution in [3.05, 3.63) is 46.2 Å². The molecule has 0 aliphatic carbocycles. The molecule has 27 heavy (non-hydrogen) atoms. The van der Waals surface area contributed by atoms with Crippen LogP contribution in [0.5, 0.6) is 11.5 Å². The topological polar surface area (TPSA) is 58.1 Å². The van der Waals surface area contributed by atoms with Crippen LogP contribution >= 0.6 is 11.3 Å². The van der Waals surface area contributed by atoms with Gasteiger partial charge < -0.3 is 25.0 Å². The fourth-order valence-electron chi connectivity index (χ4n) is 2.93. The SMILES string of the molecule is CCNC(=NCC(c1cccs1)N(C)C)NCCc1ccc2c(c1)OCO2. The molecular weight excluding hydrogens is 360 g/mol. The number of nitrogens with one attached hydrogen (secondary N) is 2. The summed E-state index contributed by atoms with van der Waals surface area (Å²) in [5.74, 6) is 2.50. The lowest BCUT2D eigenvalue weighted by atomic mass is 10.1. The van der Waals surface area contributed by atoms with Crippen molar-refractivity contribution in [2.45, 2.75) is 19.4 Å². The van der Waals surface area contributed by atoms with Crippen molar-refractivity contribution in [3.8, 4) is 11.5 Å². The molecule has 1 aliphatic heterocycles. The third-order valence-corrected chi connectivity index (χ3v) is 5.38. The number of nitrogens with zero attached hydrogens (tertiary/aromatic N) is 2. The van der Waals surface area contributed by atoms with Crippen LogP contribution in [-0.4, -0.2) is 51.4 Å². The predicted octanol–water partition coefficient (Wildman–Crippen LogP) is 2.88. The van der Waals surface area contributed by atoms with Crippen LogP contribution in [0, 0.1) is 0 Å². The van der Waals surface area contributed by atoms with E-state index >= 15 is 0 Å². The van der Waals surface area contributed by atoms with E-state index in [2.05, 4.69) is 60.1 Å². The smallest absolute Gasteiger partial charge is 0.231 e. The number of ether oxygens (including phenoxy) is 2. The zero-order valence-electron chi connectivity index (χ0n) is 16.2. The van der Waals surface area contributed by atoms with Gasteiger partial charge in [0.15, 0.2) is 17.5 Å². The Morgan fingerprint density at radius 2 is 2.07 bits per heavy atom. The maximum absolute atomic E-state index is 5.45. The van der Waals surface area contributed by atoms with Gasteiger partial charge >= 0.3 is 0 Å². The summed E-state index contributed by atoms with van der Waals surface area (Å²) in [4.78, 5) is 8.34. The van der Waals surface area contributed by atoms with Crippen LogP contribution in [0.25, 0.3) is 0 Å². The van der Waals surface area contributed by atoms with Crippen LogP contribution in [0.3, 0.4) is 0 Å². The molecule has 2 aromatic rings. The van der Waals surface area contributed by atoms with Crippen LogP contribution in [0.1, 0.15) is 23.4 Å². The molecule has 7 heteroatoms. The monoisotopic (exact) mass is 388 g/mol. The van der Waals surface area contributed by atoms with E-state index in [1.54, 1.807) is 11.3 Å². The average Bonchev–Trinajstić information content (AvgIpc) is 3.33. The van der Waals surface area contributed by atoms with Gasteiger partial charge in [0.05, 0.1) is 12.6 Å². The fraction of sp³-hybridized carbons (Fsp3) is 0.450. The highest BCUT2D eigenvalue weighted by Gasteiger charge is 2.15. The Morgan fingerprint density at radius 3 is 2.81 bits per heavy atom. The molecule has 146 valence electrons. The summed E-state index contributed by atoms with van der Waals surface area (Å²) in [7, 11) is 4.19. The van der Waals surface area contributed by atoms with Crippen LogP contribution in [0.4, 0.5) is 0 Å². The lowest BCUT2D eigenvalue weighted by Gasteiger charge is -2.22. The fourth-order valence-corrected chi connectivity index (χ4v) is 3.84. The number of benzene rings is 1. The third-order valence-electron chi connectivity index (χ3n) is 4.40. The molecule has 0 saturated carbocycles. The molecular formula is C20H28N4O2S. The van der Waals surface area contributed by atoms with Crippen LogP contribution in [0.2, 0.25) is 0 Å². The number of likely N-dealkylation sites (N-methyl/N-ethyl adjacent to an activating group) is 1. The summed E-state index contributed by atoms with van der Waals surface area (Å²) >= 11 is 1.78. The Hall–Kier alpha value is -2.25. The second-order valence-electron chi connectivity index (χ2n) is 6.58. The first-order valence-electron chi connectivity index (χ1n) is 9.28. The largest absolute Gasteiger partial charge is 0.454 e.